The molecule has 0 radical (unpaired) electrons. The molecule has 1 aliphatic rings. The molecular formula is C22H28N2O4S. The minimum atomic E-state index is -3.43. The summed E-state index contributed by atoms with van der Waals surface area (Å²) in [5, 5.41) is 2.83. The molecule has 3 rings (SSSR count). The van der Waals surface area contributed by atoms with Crippen molar-refractivity contribution in [1.82, 2.24) is 9.62 Å². The van der Waals surface area contributed by atoms with Crippen LogP contribution < -0.4 is 10.1 Å². The Morgan fingerprint density at radius 2 is 1.66 bits per heavy atom. The van der Waals surface area contributed by atoms with Gasteiger partial charge < -0.3 is 10.1 Å². The first-order valence-electron chi connectivity index (χ1n) is 10.0. The number of sulfonamides is 1. The lowest BCUT2D eigenvalue weighted by molar-refractivity contribution is -0.120. The number of piperidine rings is 1. The molecule has 0 saturated carbocycles. The largest absolute Gasteiger partial charge is 0.492 e. The monoisotopic (exact) mass is 416 g/mol. The van der Waals surface area contributed by atoms with Crippen molar-refractivity contribution in [3.63, 3.8) is 0 Å². The lowest BCUT2D eigenvalue weighted by Crippen LogP contribution is -2.35. The fraction of sp³-hybridized carbons (Fsp3) is 0.409. The minimum absolute atomic E-state index is 0.0552. The van der Waals surface area contributed by atoms with Crippen LogP contribution in [0, 0.1) is 6.92 Å². The molecule has 1 aliphatic heterocycles. The van der Waals surface area contributed by atoms with Gasteiger partial charge in [0.2, 0.25) is 15.9 Å². The molecule has 0 unspecified atom stereocenters. The zero-order valence-electron chi connectivity index (χ0n) is 16.8. The second-order valence-corrected chi connectivity index (χ2v) is 9.23. The van der Waals surface area contributed by atoms with Crippen LogP contribution in [0.5, 0.6) is 5.75 Å². The van der Waals surface area contributed by atoms with Crippen molar-refractivity contribution in [1.29, 1.82) is 0 Å². The zero-order valence-corrected chi connectivity index (χ0v) is 17.6. The van der Waals surface area contributed by atoms with Gasteiger partial charge in [-0.2, -0.15) is 4.31 Å². The van der Waals surface area contributed by atoms with Crippen molar-refractivity contribution in [2.24, 2.45) is 0 Å². The number of rotatable bonds is 8. The van der Waals surface area contributed by atoms with E-state index in [4.69, 9.17) is 4.74 Å². The number of hydrogen-bond donors (Lipinski definition) is 1. The van der Waals surface area contributed by atoms with Gasteiger partial charge in [0, 0.05) is 13.1 Å². The Morgan fingerprint density at radius 1 is 1.00 bits per heavy atom. The van der Waals surface area contributed by atoms with E-state index in [1.807, 2.05) is 31.2 Å². The SMILES string of the molecule is Cc1ccc(CC(=O)NCCOc2ccc(S(=O)(=O)N3CCCCC3)cc2)cc1. The Kier molecular flexibility index (Phi) is 7.28. The molecule has 6 nitrogen and oxygen atoms in total. The molecule has 0 spiro atoms. The maximum Gasteiger partial charge on any atom is 0.243 e. The molecule has 0 aliphatic carbocycles. The molecule has 0 atom stereocenters. The first kappa shape index (κ1) is 21.3. The molecule has 1 saturated heterocycles. The second kappa shape index (κ2) is 9.89. The number of benzene rings is 2. The van der Waals surface area contributed by atoms with E-state index < -0.39 is 10.0 Å². The van der Waals surface area contributed by atoms with Gasteiger partial charge in [-0.1, -0.05) is 36.2 Å². The molecule has 1 fully saturated rings. The predicted octanol–water partition coefficient (Wildman–Crippen LogP) is 2.91. The van der Waals surface area contributed by atoms with Gasteiger partial charge >= 0.3 is 0 Å². The number of carbonyl (C=O) groups excluding carboxylic acids is 1. The van der Waals surface area contributed by atoms with E-state index in [1.165, 1.54) is 0 Å². The highest BCUT2D eigenvalue weighted by molar-refractivity contribution is 7.89. The third-order valence-electron chi connectivity index (χ3n) is 4.95. The van der Waals surface area contributed by atoms with Crippen molar-refractivity contribution in [2.75, 3.05) is 26.2 Å². The van der Waals surface area contributed by atoms with Crippen molar-refractivity contribution in [3.8, 4) is 5.75 Å². The average molecular weight is 417 g/mol. The Hall–Kier alpha value is -2.38. The van der Waals surface area contributed by atoms with Gasteiger partial charge in [0.05, 0.1) is 17.9 Å². The number of nitrogens with one attached hydrogen (secondary N) is 1. The van der Waals surface area contributed by atoms with Crippen LogP contribution in [0.2, 0.25) is 0 Å². The Balaban J connectivity index is 1.43. The third-order valence-corrected chi connectivity index (χ3v) is 6.87. The van der Waals surface area contributed by atoms with Crippen molar-refractivity contribution in [3.05, 3.63) is 59.7 Å². The molecule has 0 aromatic heterocycles. The van der Waals surface area contributed by atoms with Crippen LogP contribution in [-0.2, 0) is 21.2 Å². The van der Waals surface area contributed by atoms with Crippen molar-refractivity contribution in [2.45, 2.75) is 37.5 Å². The van der Waals surface area contributed by atoms with Gasteiger partial charge in [-0.25, -0.2) is 8.42 Å². The zero-order chi connectivity index (χ0) is 20.7. The summed E-state index contributed by atoms with van der Waals surface area (Å²) in [5.41, 5.74) is 2.14. The second-order valence-electron chi connectivity index (χ2n) is 7.30. The summed E-state index contributed by atoms with van der Waals surface area (Å²) in [6.07, 6.45) is 3.25. The van der Waals surface area contributed by atoms with Gasteiger partial charge in [-0.15, -0.1) is 0 Å². The fourth-order valence-corrected chi connectivity index (χ4v) is 4.79. The smallest absolute Gasteiger partial charge is 0.243 e. The van der Waals surface area contributed by atoms with E-state index in [-0.39, 0.29) is 10.8 Å². The first-order chi connectivity index (χ1) is 13.9. The number of hydrogen-bond acceptors (Lipinski definition) is 4. The number of amides is 1. The van der Waals surface area contributed by atoms with E-state index in [1.54, 1.807) is 28.6 Å². The Morgan fingerprint density at radius 3 is 2.31 bits per heavy atom. The van der Waals surface area contributed by atoms with E-state index in [0.29, 0.717) is 38.4 Å². The Labute approximate surface area is 172 Å². The molecule has 0 bridgehead atoms. The summed E-state index contributed by atoms with van der Waals surface area (Å²) in [7, 11) is -3.43. The normalized spacial score (nSPS) is 15.1. The highest BCUT2D eigenvalue weighted by Crippen LogP contribution is 2.22. The summed E-state index contributed by atoms with van der Waals surface area (Å²) >= 11 is 0. The topological polar surface area (TPSA) is 75.7 Å². The molecule has 29 heavy (non-hydrogen) atoms. The third kappa shape index (κ3) is 6.05. The van der Waals surface area contributed by atoms with Crippen LogP contribution in [0.3, 0.4) is 0 Å². The number of carbonyl (C=O) groups is 1. The molecule has 1 amide bonds. The van der Waals surface area contributed by atoms with Crippen LogP contribution in [0.25, 0.3) is 0 Å². The molecular weight excluding hydrogens is 388 g/mol. The van der Waals surface area contributed by atoms with Crippen molar-refractivity contribution >= 4 is 15.9 Å². The molecule has 7 heteroatoms. The van der Waals surface area contributed by atoms with Crippen LogP contribution in [0.1, 0.15) is 30.4 Å². The average Bonchev–Trinajstić information content (AvgIpc) is 2.74. The summed E-state index contributed by atoms with van der Waals surface area (Å²) < 4.78 is 32.4. The molecule has 2 aromatic carbocycles. The van der Waals surface area contributed by atoms with Crippen LogP contribution >= 0.6 is 0 Å². The predicted molar refractivity (Wildman–Crippen MR) is 112 cm³/mol. The highest BCUT2D eigenvalue weighted by Gasteiger charge is 2.25. The summed E-state index contributed by atoms with van der Waals surface area (Å²) in [5.74, 6) is 0.524. The van der Waals surface area contributed by atoms with Crippen LogP contribution in [0.4, 0.5) is 0 Å². The van der Waals surface area contributed by atoms with Gasteiger partial charge in [0.1, 0.15) is 12.4 Å². The van der Waals surface area contributed by atoms with Gasteiger partial charge in [-0.05, 0) is 49.6 Å². The quantitative estimate of drug-likeness (QED) is 0.672. The maximum absolute atomic E-state index is 12.6. The maximum atomic E-state index is 12.6. The number of nitrogens with zero attached hydrogens (tertiary/aromatic N) is 1. The van der Waals surface area contributed by atoms with Crippen LogP contribution in [0.15, 0.2) is 53.4 Å². The van der Waals surface area contributed by atoms with E-state index in [0.717, 1.165) is 30.4 Å². The molecule has 1 heterocycles. The lowest BCUT2D eigenvalue weighted by atomic mass is 10.1. The number of aryl methyl sites for hydroxylation is 1. The lowest BCUT2D eigenvalue weighted by Gasteiger charge is -2.25. The summed E-state index contributed by atoms with van der Waals surface area (Å²) in [6, 6.07) is 14.3. The van der Waals surface area contributed by atoms with E-state index in [9.17, 15) is 13.2 Å². The summed E-state index contributed by atoms with van der Waals surface area (Å²) in [6.45, 7) is 3.89. The van der Waals surface area contributed by atoms with E-state index in [2.05, 4.69) is 5.32 Å². The highest BCUT2D eigenvalue weighted by atomic mass is 32.2. The van der Waals surface area contributed by atoms with E-state index >= 15 is 0 Å². The van der Waals surface area contributed by atoms with Crippen LogP contribution in [-0.4, -0.2) is 44.9 Å². The number of ether oxygens (including phenoxy) is 1. The standard InChI is InChI=1S/C22H28N2O4S/c1-18-5-7-19(8-6-18)17-22(25)23-13-16-28-20-9-11-21(12-10-20)29(26,27)24-14-3-2-4-15-24/h5-12H,2-4,13-17H2,1H3,(H,23,25). The minimum Gasteiger partial charge on any atom is -0.492 e. The van der Waals surface area contributed by atoms with Gasteiger partial charge in [-0.3, -0.25) is 4.79 Å². The first-order valence-corrected chi connectivity index (χ1v) is 11.4. The molecule has 156 valence electrons. The molecule has 1 N–H and O–H groups in total. The van der Waals surface area contributed by atoms with Gasteiger partial charge in [0.15, 0.2) is 0 Å². The van der Waals surface area contributed by atoms with Crippen molar-refractivity contribution < 1.29 is 17.9 Å². The summed E-state index contributed by atoms with van der Waals surface area (Å²) in [4.78, 5) is 12.3. The molecule has 2 aromatic rings. The fourth-order valence-electron chi connectivity index (χ4n) is 3.28. The Bertz CT molecular complexity index is 903. The van der Waals surface area contributed by atoms with Gasteiger partial charge in [0.25, 0.3) is 0 Å².